The molecule has 0 bridgehead atoms. The fourth-order valence-corrected chi connectivity index (χ4v) is 2.53. The molecule has 0 aromatic heterocycles. The number of Topliss-reactive ketones (excluding diaryl/α,β-unsaturated/α-hetero) is 1. The topological polar surface area (TPSA) is 61.4 Å². The number of rotatable bonds is 4. The number of carbonyl (C=O) groups excluding carboxylic acids is 2. The van der Waals surface area contributed by atoms with E-state index in [4.69, 9.17) is 0 Å². The van der Waals surface area contributed by atoms with Crippen molar-refractivity contribution in [3.05, 3.63) is 29.8 Å². The molecule has 21 heavy (non-hydrogen) atoms. The van der Waals surface area contributed by atoms with Crippen molar-refractivity contribution in [1.29, 1.82) is 0 Å². The molecule has 1 aliphatic rings. The van der Waals surface area contributed by atoms with Crippen molar-refractivity contribution < 1.29 is 9.59 Å². The van der Waals surface area contributed by atoms with Gasteiger partial charge < -0.3 is 15.5 Å². The molecule has 114 valence electrons. The number of urea groups is 1. The Bertz CT molecular complexity index is 491. The van der Waals surface area contributed by atoms with E-state index < -0.39 is 0 Å². The number of nitrogens with one attached hydrogen (secondary N) is 2. The Morgan fingerprint density at radius 3 is 2.33 bits per heavy atom. The molecule has 1 aromatic rings. The van der Waals surface area contributed by atoms with Crippen LogP contribution in [-0.2, 0) is 0 Å². The summed E-state index contributed by atoms with van der Waals surface area (Å²) in [5.74, 6) is 0.0219. The van der Waals surface area contributed by atoms with Crippen LogP contribution in [0, 0.1) is 0 Å². The van der Waals surface area contributed by atoms with Gasteiger partial charge in [-0.25, -0.2) is 4.79 Å². The van der Waals surface area contributed by atoms with E-state index in [1.807, 2.05) is 0 Å². The minimum atomic E-state index is -0.180. The highest BCUT2D eigenvalue weighted by atomic mass is 16.2. The molecule has 0 radical (unpaired) electrons. The molecule has 5 heteroatoms. The van der Waals surface area contributed by atoms with Crippen molar-refractivity contribution in [2.45, 2.75) is 32.7 Å². The molecule has 1 fully saturated rings. The number of anilines is 1. The highest BCUT2D eigenvalue weighted by Crippen LogP contribution is 2.12. The van der Waals surface area contributed by atoms with Crippen LogP contribution in [-0.4, -0.2) is 42.4 Å². The summed E-state index contributed by atoms with van der Waals surface area (Å²) in [5, 5.41) is 5.81. The monoisotopic (exact) mass is 289 g/mol. The van der Waals surface area contributed by atoms with Gasteiger partial charge in [-0.1, -0.05) is 6.92 Å². The molecule has 0 spiro atoms. The summed E-state index contributed by atoms with van der Waals surface area (Å²) < 4.78 is 0. The Labute approximate surface area is 125 Å². The number of ketones is 1. The van der Waals surface area contributed by atoms with Gasteiger partial charge in [0.2, 0.25) is 0 Å². The lowest BCUT2D eigenvalue weighted by molar-refractivity contribution is 0.101. The second-order valence-corrected chi connectivity index (χ2v) is 5.44. The molecular weight excluding hydrogens is 266 g/mol. The number of likely N-dealkylation sites (tertiary alicyclic amines) is 1. The Morgan fingerprint density at radius 2 is 1.81 bits per heavy atom. The van der Waals surface area contributed by atoms with Crippen LogP contribution in [0.3, 0.4) is 0 Å². The Hall–Kier alpha value is -1.88. The van der Waals surface area contributed by atoms with Gasteiger partial charge in [0.25, 0.3) is 0 Å². The van der Waals surface area contributed by atoms with Crippen LogP contribution in [0.5, 0.6) is 0 Å². The summed E-state index contributed by atoms with van der Waals surface area (Å²) in [6.07, 6.45) is 1.98. The maximum absolute atomic E-state index is 11.9. The lowest BCUT2D eigenvalue weighted by Crippen LogP contribution is -2.45. The first-order valence-corrected chi connectivity index (χ1v) is 7.49. The number of nitrogens with zero attached hydrogens (tertiary/aromatic N) is 1. The van der Waals surface area contributed by atoms with Gasteiger partial charge >= 0.3 is 6.03 Å². The van der Waals surface area contributed by atoms with Crippen molar-refractivity contribution in [2.24, 2.45) is 0 Å². The van der Waals surface area contributed by atoms with E-state index in [0.29, 0.717) is 11.3 Å². The smallest absolute Gasteiger partial charge is 0.319 e. The van der Waals surface area contributed by atoms with E-state index in [9.17, 15) is 9.59 Å². The fraction of sp³-hybridized carbons (Fsp3) is 0.500. The molecule has 2 N–H and O–H groups in total. The van der Waals surface area contributed by atoms with E-state index >= 15 is 0 Å². The molecule has 1 saturated heterocycles. The van der Waals surface area contributed by atoms with Crippen LogP contribution in [0.25, 0.3) is 0 Å². The van der Waals surface area contributed by atoms with Crippen LogP contribution >= 0.6 is 0 Å². The van der Waals surface area contributed by atoms with E-state index in [2.05, 4.69) is 22.5 Å². The van der Waals surface area contributed by atoms with E-state index in [1.54, 1.807) is 24.3 Å². The van der Waals surface area contributed by atoms with E-state index in [1.165, 1.54) is 6.92 Å². The molecule has 0 atom stereocenters. The summed E-state index contributed by atoms with van der Waals surface area (Å²) in [6, 6.07) is 6.99. The van der Waals surface area contributed by atoms with Gasteiger partial charge in [-0.2, -0.15) is 0 Å². The SMILES string of the molecule is CCN1CCC(NC(=O)Nc2ccc(C(C)=O)cc2)CC1. The molecule has 2 rings (SSSR count). The minimum Gasteiger partial charge on any atom is -0.335 e. The standard InChI is InChI=1S/C16H23N3O2/c1-3-19-10-8-15(9-11-19)18-16(21)17-14-6-4-13(5-7-14)12(2)20/h4-7,15H,3,8-11H2,1-2H3,(H2,17,18,21). The van der Waals surface area contributed by atoms with Gasteiger partial charge in [-0.15, -0.1) is 0 Å². The van der Waals surface area contributed by atoms with Crippen molar-refractivity contribution in [2.75, 3.05) is 25.0 Å². The molecule has 0 saturated carbocycles. The third-order valence-corrected chi connectivity index (χ3v) is 3.92. The van der Waals surface area contributed by atoms with Crippen LogP contribution in [0.1, 0.15) is 37.0 Å². The van der Waals surface area contributed by atoms with Crippen molar-refractivity contribution >= 4 is 17.5 Å². The summed E-state index contributed by atoms with van der Waals surface area (Å²) in [4.78, 5) is 25.5. The van der Waals surface area contributed by atoms with Crippen LogP contribution in [0.15, 0.2) is 24.3 Å². The number of benzene rings is 1. The molecule has 1 aliphatic heterocycles. The third kappa shape index (κ3) is 4.56. The van der Waals surface area contributed by atoms with Crippen LogP contribution < -0.4 is 10.6 Å². The second-order valence-electron chi connectivity index (χ2n) is 5.44. The molecule has 2 amide bonds. The van der Waals surface area contributed by atoms with Gasteiger partial charge in [0.15, 0.2) is 5.78 Å². The van der Waals surface area contributed by atoms with Gasteiger partial charge in [0.1, 0.15) is 0 Å². The maximum Gasteiger partial charge on any atom is 0.319 e. The van der Waals surface area contributed by atoms with E-state index in [0.717, 1.165) is 32.5 Å². The van der Waals surface area contributed by atoms with Gasteiger partial charge in [0, 0.05) is 30.4 Å². The van der Waals surface area contributed by atoms with Crippen molar-refractivity contribution in [3.63, 3.8) is 0 Å². The van der Waals surface area contributed by atoms with Crippen LogP contribution in [0.2, 0.25) is 0 Å². The molecular formula is C16H23N3O2. The molecule has 5 nitrogen and oxygen atoms in total. The largest absolute Gasteiger partial charge is 0.335 e. The van der Waals surface area contributed by atoms with Crippen LogP contribution in [0.4, 0.5) is 10.5 Å². The lowest BCUT2D eigenvalue weighted by atomic mass is 10.1. The zero-order chi connectivity index (χ0) is 15.2. The number of hydrogen-bond acceptors (Lipinski definition) is 3. The molecule has 0 unspecified atom stereocenters. The minimum absolute atomic E-state index is 0.0219. The first kappa shape index (κ1) is 15.5. The quantitative estimate of drug-likeness (QED) is 0.837. The summed E-state index contributed by atoms with van der Waals surface area (Å²) in [6.45, 7) is 6.83. The van der Waals surface area contributed by atoms with E-state index in [-0.39, 0.29) is 17.9 Å². The predicted octanol–water partition coefficient (Wildman–Crippen LogP) is 2.50. The molecule has 0 aliphatic carbocycles. The van der Waals surface area contributed by atoms with Crippen molar-refractivity contribution in [3.8, 4) is 0 Å². The first-order valence-electron chi connectivity index (χ1n) is 7.49. The summed E-state index contributed by atoms with van der Waals surface area (Å²) in [5.41, 5.74) is 1.34. The normalized spacial score (nSPS) is 16.5. The average molecular weight is 289 g/mol. The summed E-state index contributed by atoms with van der Waals surface area (Å²) in [7, 11) is 0. The Morgan fingerprint density at radius 1 is 1.19 bits per heavy atom. The fourth-order valence-electron chi connectivity index (χ4n) is 2.53. The van der Waals surface area contributed by atoms with Gasteiger partial charge in [0.05, 0.1) is 0 Å². The zero-order valence-electron chi connectivity index (χ0n) is 12.7. The Kier molecular flexibility index (Phi) is 5.33. The van der Waals surface area contributed by atoms with Gasteiger partial charge in [-0.3, -0.25) is 4.79 Å². The first-order chi connectivity index (χ1) is 10.1. The third-order valence-electron chi connectivity index (χ3n) is 3.92. The second kappa shape index (κ2) is 7.22. The molecule has 1 heterocycles. The maximum atomic E-state index is 11.9. The predicted molar refractivity (Wildman–Crippen MR) is 83.7 cm³/mol. The number of carbonyl (C=O) groups is 2. The molecule has 1 aromatic carbocycles. The number of hydrogen-bond donors (Lipinski definition) is 2. The zero-order valence-corrected chi connectivity index (χ0v) is 12.7. The van der Waals surface area contributed by atoms with Gasteiger partial charge in [-0.05, 0) is 50.6 Å². The lowest BCUT2D eigenvalue weighted by Gasteiger charge is -2.31. The van der Waals surface area contributed by atoms with Crippen molar-refractivity contribution in [1.82, 2.24) is 10.2 Å². The number of piperidine rings is 1. The average Bonchev–Trinajstić information content (AvgIpc) is 2.48. The highest BCUT2D eigenvalue weighted by molar-refractivity contribution is 5.95. The summed E-state index contributed by atoms with van der Waals surface area (Å²) >= 11 is 0. The Balaban J connectivity index is 1.80. The number of amides is 2. The highest BCUT2D eigenvalue weighted by Gasteiger charge is 2.19.